The quantitative estimate of drug-likeness (QED) is 0.676. The molecule has 0 fully saturated rings. The molecule has 0 saturated heterocycles. The average Bonchev–Trinajstić information content (AvgIpc) is 2.60. The molecule has 1 heterocycles. The molecule has 0 spiro atoms. The van der Waals surface area contributed by atoms with E-state index in [1.54, 1.807) is 6.07 Å². The zero-order chi connectivity index (χ0) is 16.9. The molecule has 3 N–H and O–H groups in total. The average molecular weight is 321 g/mol. The summed E-state index contributed by atoms with van der Waals surface area (Å²) >= 11 is 0. The third kappa shape index (κ3) is 3.63. The van der Waals surface area contributed by atoms with Crippen LogP contribution in [0.2, 0.25) is 0 Å². The van der Waals surface area contributed by atoms with Gasteiger partial charge in [0.1, 0.15) is 0 Å². The maximum atomic E-state index is 12.5. The van der Waals surface area contributed by atoms with E-state index < -0.39 is 0 Å². The number of carbonyl (C=O) groups excluding carboxylic acids is 1. The molecule has 122 valence electrons. The van der Waals surface area contributed by atoms with Crippen molar-refractivity contribution in [2.24, 2.45) is 0 Å². The Morgan fingerprint density at radius 2 is 1.79 bits per heavy atom. The van der Waals surface area contributed by atoms with Gasteiger partial charge in [-0.1, -0.05) is 36.4 Å². The lowest BCUT2D eigenvalue weighted by Gasteiger charge is -2.16. The van der Waals surface area contributed by atoms with Crippen molar-refractivity contribution in [3.63, 3.8) is 0 Å². The largest absolute Gasteiger partial charge is 0.383 e. The van der Waals surface area contributed by atoms with Gasteiger partial charge in [-0.05, 0) is 25.1 Å². The summed E-state index contributed by atoms with van der Waals surface area (Å²) in [4.78, 5) is 27.0. The minimum Gasteiger partial charge on any atom is -0.383 e. The summed E-state index contributed by atoms with van der Waals surface area (Å²) in [5, 5.41) is 6.93. The van der Waals surface area contributed by atoms with E-state index in [0.717, 1.165) is 11.1 Å². The van der Waals surface area contributed by atoms with Gasteiger partial charge in [0.15, 0.2) is 0 Å². The van der Waals surface area contributed by atoms with Crippen LogP contribution in [0.5, 0.6) is 0 Å². The summed E-state index contributed by atoms with van der Waals surface area (Å²) in [6, 6.07) is 18.3. The van der Waals surface area contributed by atoms with Crippen LogP contribution in [-0.4, -0.2) is 23.5 Å². The second-order valence-corrected chi connectivity index (χ2v) is 5.71. The molecule has 0 saturated carbocycles. The van der Waals surface area contributed by atoms with Crippen LogP contribution < -0.4 is 16.2 Å². The highest BCUT2D eigenvalue weighted by Crippen LogP contribution is 2.14. The van der Waals surface area contributed by atoms with Gasteiger partial charge >= 0.3 is 0 Å². The van der Waals surface area contributed by atoms with Gasteiger partial charge in [0.25, 0.3) is 5.91 Å². The Kier molecular flexibility index (Phi) is 4.61. The van der Waals surface area contributed by atoms with Gasteiger partial charge in [0.2, 0.25) is 5.56 Å². The molecule has 24 heavy (non-hydrogen) atoms. The maximum Gasteiger partial charge on any atom is 0.252 e. The van der Waals surface area contributed by atoms with E-state index in [2.05, 4.69) is 15.6 Å². The highest BCUT2D eigenvalue weighted by atomic mass is 16.2. The Balaban J connectivity index is 1.72. The van der Waals surface area contributed by atoms with Crippen molar-refractivity contribution < 1.29 is 4.79 Å². The summed E-state index contributed by atoms with van der Waals surface area (Å²) in [6.07, 6.45) is 0. The first kappa shape index (κ1) is 15.8. The summed E-state index contributed by atoms with van der Waals surface area (Å²) < 4.78 is 0. The first-order valence-electron chi connectivity index (χ1n) is 7.85. The van der Waals surface area contributed by atoms with Gasteiger partial charge in [0.05, 0.1) is 5.56 Å². The highest BCUT2D eigenvalue weighted by Gasteiger charge is 2.14. The van der Waals surface area contributed by atoms with Crippen molar-refractivity contribution in [2.45, 2.75) is 13.0 Å². The van der Waals surface area contributed by atoms with E-state index >= 15 is 0 Å². The van der Waals surface area contributed by atoms with E-state index in [4.69, 9.17) is 0 Å². The number of hydrogen-bond acceptors (Lipinski definition) is 3. The van der Waals surface area contributed by atoms with Gasteiger partial charge in [-0.15, -0.1) is 0 Å². The standard InChI is InChI=1S/C19H19N3O2/c1-13(12-20-14-7-3-2-4-8-14)21-19(24)16-11-18(23)22-17-10-6-5-9-15(16)17/h2-11,13,20H,12H2,1H3,(H,21,24)(H,22,23)/t13-/m1/s1. The van der Waals surface area contributed by atoms with Gasteiger partial charge < -0.3 is 15.6 Å². The van der Waals surface area contributed by atoms with Crippen molar-refractivity contribution in [3.05, 3.63) is 76.6 Å². The third-order valence-corrected chi connectivity index (χ3v) is 3.76. The van der Waals surface area contributed by atoms with Crippen LogP contribution >= 0.6 is 0 Å². The summed E-state index contributed by atoms with van der Waals surface area (Å²) in [5.74, 6) is -0.250. The number of benzene rings is 2. The predicted molar refractivity (Wildman–Crippen MR) is 96.4 cm³/mol. The lowest BCUT2D eigenvalue weighted by atomic mass is 10.1. The third-order valence-electron chi connectivity index (χ3n) is 3.76. The summed E-state index contributed by atoms with van der Waals surface area (Å²) in [7, 11) is 0. The number of aromatic nitrogens is 1. The van der Waals surface area contributed by atoms with Crippen molar-refractivity contribution in [2.75, 3.05) is 11.9 Å². The van der Waals surface area contributed by atoms with Gasteiger partial charge in [-0.2, -0.15) is 0 Å². The summed E-state index contributed by atoms with van der Waals surface area (Å²) in [6.45, 7) is 2.51. The molecule has 5 nitrogen and oxygen atoms in total. The second kappa shape index (κ2) is 7.00. The molecule has 0 bridgehead atoms. The molecule has 0 radical (unpaired) electrons. The first-order valence-corrected chi connectivity index (χ1v) is 7.85. The van der Waals surface area contributed by atoms with E-state index in [-0.39, 0.29) is 17.5 Å². The second-order valence-electron chi connectivity index (χ2n) is 5.71. The number of pyridine rings is 1. The monoisotopic (exact) mass is 321 g/mol. The minimum absolute atomic E-state index is 0.0873. The van der Waals surface area contributed by atoms with Crippen LogP contribution in [0.3, 0.4) is 0 Å². The van der Waals surface area contributed by atoms with Gasteiger partial charge in [0, 0.05) is 35.2 Å². The van der Waals surface area contributed by atoms with Crippen LogP contribution in [0, 0.1) is 0 Å². The van der Waals surface area contributed by atoms with Crippen LogP contribution in [0.15, 0.2) is 65.5 Å². The predicted octanol–water partition coefficient (Wildman–Crippen LogP) is 2.76. The van der Waals surface area contributed by atoms with E-state index in [1.165, 1.54) is 6.07 Å². The number of aromatic amines is 1. The number of para-hydroxylation sites is 2. The van der Waals surface area contributed by atoms with Crippen LogP contribution in [0.4, 0.5) is 5.69 Å². The first-order chi connectivity index (χ1) is 11.6. The number of nitrogens with one attached hydrogen (secondary N) is 3. The van der Waals surface area contributed by atoms with E-state index in [1.807, 2.05) is 55.5 Å². The molecular formula is C19H19N3O2. The smallest absolute Gasteiger partial charge is 0.252 e. The van der Waals surface area contributed by atoms with Crippen molar-refractivity contribution in [3.8, 4) is 0 Å². The molecule has 1 atom stereocenters. The van der Waals surface area contributed by atoms with Crippen molar-refractivity contribution in [1.29, 1.82) is 0 Å². The SMILES string of the molecule is C[C@H](CNc1ccccc1)NC(=O)c1cc(=O)[nH]c2ccccc12. The van der Waals surface area contributed by atoms with Crippen LogP contribution in [-0.2, 0) is 0 Å². The zero-order valence-electron chi connectivity index (χ0n) is 13.4. The van der Waals surface area contributed by atoms with Gasteiger partial charge in [-0.3, -0.25) is 9.59 Å². The molecule has 1 aromatic heterocycles. The molecular weight excluding hydrogens is 302 g/mol. The lowest BCUT2D eigenvalue weighted by Crippen LogP contribution is -2.37. The van der Waals surface area contributed by atoms with Crippen molar-refractivity contribution >= 4 is 22.5 Å². The number of amides is 1. The van der Waals surface area contributed by atoms with E-state index in [0.29, 0.717) is 17.6 Å². The molecule has 1 amide bonds. The number of hydrogen-bond donors (Lipinski definition) is 3. The Morgan fingerprint density at radius 1 is 1.08 bits per heavy atom. The molecule has 2 aromatic carbocycles. The Bertz CT molecular complexity index is 903. The molecule has 0 unspecified atom stereocenters. The normalized spacial score (nSPS) is 11.9. The van der Waals surface area contributed by atoms with E-state index in [9.17, 15) is 9.59 Å². The fourth-order valence-electron chi connectivity index (χ4n) is 2.57. The Labute approximate surface area is 139 Å². The molecule has 5 heteroatoms. The molecule has 0 aliphatic heterocycles. The van der Waals surface area contributed by atoms with Crippen LogP contribution in [0.1, 0.15) is 17.3 Å². The minimum atomic E-state index is -0.283. The fourth-order valence-corrected chi connectivity index (χ4v) is 2.57. The lowest BCUT2D eigenvalue weighted by molar-refractivity contribution is 0.0943. The number of H-pyrrole nitrogens is 1. The fraction of sp³-hybridized carbons (Fsp3) is 0.158. The summed E-state index contributed by atoms with van der Waals surface area (Å²) in [5.41, 5.74) is 1.76. The van der Waals surface area contributed by atoms with Gasteiger partial charge in [-0.25, -0.2) is 0 Å². The number of rotatable bonds is 5. The molecule has 0 aliphatic carbocycles. The Hall–Kier alpha value is -3.08. The topological polar surface area (TPSA) is 74.0 Å². The number of fused-ring (bicyclic) bond motifs is 1. The van der Waals surface area contributed by atoms with Crippen molar-refractivity contribution in [1.82, 2.24) is 10.3 Å². The molecule has 3 rings (SSSR count). The molecule has 3 aromatic rings. The highest BCUT2D eigenvalue weighted by molar-refractivity contribution is 6.06. The Morgan fingerprint density at radius 3 is 2.58 bits per heavy atom. The number of anilines is 1. The maximum absolute atomic E-state index is 12.5. The number of carbonyl (C=O) groups is 1. The zero-order valence-corrected chi connectivity index (χ0v) is 13.4. The van der Waals surface area contributed by atoms with Crippen LogP contribution in [0.25, 0.3) is 10.9 Å². The molecule has 0 aliphatic rings.